The van der Waals surface area contributed by atoms with Gasteiger partial charge in [-0.05, 0) is 12.5 Å². The molecule has 6 nitrogen and oxygen atoms in total. The van der Waals surface area contributed by atoms with Gasteiger partial charge in [-0.15, -0.1) is 0 Å². The predicted molar refractivity (Wildman–Crippen MR) is 55.5 cm³/mol. The molecule has 1 aromatic rings. The molecule has 0 bridgehead atoms. The lowest BCUT2D eigenvalue weighted by atomic mass is 10.4. The van der Waals surface area contributed by atoms with E-state index >= 15 is 0 Å². The molecular formula is C8H13N3O3S. The fourth-order valence-electron chi connectivity index (χ4n) is 0.951. The number of aliphatic hydroxyl groups excluding tert-OH is 1. The second kappa shape index (κ2) is 5.06. The number of pyridine rings is 1. The Kier molecular flexibility index (Phi) is 4.01. The van der Waals surface area contributed by atoms with Crippen LogP contribution in [0.4, 0.5) is 5.69 Å². The van der Waals surface area contributed by atoms with Crippen LogP contribution in [0.2, 0.25) is 0 Å². The van der Waals surface area contributed by atoms with E-state index in [1.165, 1.54) is 18.5 Å². The van der Waals surface area contributed by atoms with E-state index in [1.807, 2.05) is 0 Å². The lowest BCUT2D eigenvalue weighted by Crippen LogP contribution is -2.25. The van der Waals surface area contributed by atoms with Gasteiger partial charge < -0.3 is 10.8 Å². The Hall–Kier alpha value is -1.18. The summed E-state index contributed by atoms with van der Waals surface area (Å²) in [7, 11) is -3.56. The molecule has 0 amide bonds. The van der Waals surface area contributed by atoms with E-state index < -0.39 is 10.0 Å². The van der Waals surface area contributed by atoms with Crippen molar-refractivity contribution in [2.45, 2.75) is 11.3 Å². The molecule has 1 heterocycles. The van der Waals surface area contributed by atoms with Gasteiger partial charge in [0.15, 0.2) is 0 Å². The summed E-state index contributed by atoms with van der Waals surface area (Å²) in [5.74, 6) is 0. The van der Waals surface area contributed by atoms with Crippen LogP contribution in [-0.4, -0.2) is 31.7 Å². The van der Waals surface area contributed by atoms with Gasteiger partial charge >= 0.3 is 0 Å². The SMILES string of the molecule is Nc1cncc(S(=O)(=O)NCCCO)c1. The lowest BCUT2D eigenvalue weighted by Gasteiger charge is -2.05. The highest BCUT2D eigenvalue weighted by Crippen LogP contribution is 2.10. The van der Waals surface area contributed by atoms with Crippen LogP contribution in [0.5, 0.6) is 0 Å². The van der Waals surface area contributed by atoms with Crippen LogP contribution in [0.3, 0.4) is 0 Å². The molecule has 1 aromatic heterocycles. The van der Waals surface area contributed by atoms with Gasteiger partial charge in [0.05, 0.1) is 5.69 Å². The number of hydrogen-bond acceptors (Lipinski definition) is 5. The quantitative estimate of drug-likeness (QED) is 0.582. The van der Waals surface area contributed by atoms with E-state index in [-0.39, 0.29) is 18.0 Å². The standard InChI is InChI=1S/C8H13N3O3S/c9-7-4-8(6-10-5-7)15(13,14)11-2-1-3-12/h4-6,11-12H,1-3,9H2. The number of nitrogen functional groups attached to an aromatic ring is 1. The first-order valence-corrected chi connectivity index (χ1v) is 5.85. The normalized spacial score (nSPS) is 11.5. The van der Waals surface area contributed by atoms with Crippen molar-refractivity contribution < 1.29 is 13.5 Å². The molecule has 0 saturated carbocycles. The van der Waals surface area contributed by atoms with Crippen molar-refractivity contribution in [1.82, 2.24) is 9.71 Å². The molecule has 0 aromatic carbocycles. The van der Waals surface area contributed by atoms with Gasteiger partial charge in [-0.25, -0.2) is 13.1 Å². The number of nitrogens with two attached hydrogens (primary N) is 1. The summed E-state index contributed by atoms with van der Waals surface area (Å²) in [4.78, 5) is 3.71. The zero-order chi connectivity index (χ0) is 11.3. The molecule has 0 unspecified atom stereocenters. The van der Waals surface area contributed by atoms with Crippen LogP contribution in [0, 0.1) is 0 Å². The first-order chi connectivity index (χ1) is 7.06. The number of aliphatic hydroxyl groups is 1. The molecule has 0 atom stereocenters. The molecule has 84 valence electrons. The Morgan fingerprint density at radius 2 is 2.20 bits per heavy atom. The van der Waals surface area contributed by atoms with Crippen LogP contribution in [0.15, 0.2) is 23.4 Å². The average molecular weight is 231 g/mol. The lowest BCUT2D eigenvalue weighted by molar-refractivity contribution is 0.289. The highest BCUT2D eigenvalue weighted by atomic mass is 32.2. The van der Waals surface area contributed by atoms with Crippen molar-refractivity contribution in [3.8, 4) is 0 Å². The Balaban J connectivity index is 2.77. The summed E-state index contributed by atoms with van der Waals surface area (Å²) in [5, 5.41) is 8.51. The molecule has 1 rings (SSSR count). The summed E-state index contributed by atoms with van der Waals surface area (Å²) < 4.78 is 25.5. The average Bonchev–Trinajstić information content (AvgIpc) is 2.18. The van der Waals surface area contributed by atoms with Gasteiger partial charge in [0.1, 0.15) is 4.90 Å². The molecule has 0 aliphatic rings. The van der Waals surface area contributed by atoms with E-state index in [2.05, 4.69) is 9.71 Å². The molecule has 7 heteroatoms. The highest BCUT2D eigenvalue weighted by molar-refractivity contribution is 7.89. The monoisotopic (exact) mass is 231 g/mol. The molecule has 0 fully saturated rings. The second-order valence-corrected chi connectivity index (χ2v) is 4.70. The fraction of sp³-hybridized carbons (Fsp3) is 0.375. The molecule has 0 spiro atoms. The predicted octanol–water partition coefficient (Wildman–Crippen LogP) is -0.675. The smallest absolute Gasteiger partial charge is 0.242 e. The Morgan fingerprint density at radius 1 is 1.47 bits per heavy atom. The molecular weight excluding hydrogens is 218 g/mol. The van der Waals surface area contributed by atoms with Crippen molar-refractivity contribution >= 4 is 15.7 Å². The topological polar surface area (TPSA) is 105 Å². The van der Waals surface area contributed by atoms with Crippen molar-refractivity contribution in [2.75, 3.05) is 18.9 Å². The maximum Gasteiger partial charge on any atom is 0.242 e. The summed E-state index contributed by atoms with van der Waals surface area (Å²) in [6.45, 7) is 0.130. The van der Waals surface area contributed by atoms with Crippen LogP contribution in [0.1, 0.15) is 6.42 Å². The number of nitrogens with zero attached hydrogens (tertiary/aromatic N) is 1. The van der Waals surface area contributed by atoms with E-state index in [1.54, 1.807) is 0 Å². The zero-order valence-electron chi connectivity index (χ0n) is 8.05. The molecule has 4 N–H and O–H groups in total. The van der Waals surface area contributed by atoms with Crippen LogP contribution < -0.4 is 10.5 Å². The number of rotatable bonds is 5. The van der Waals surface area contributed by atoms with Gasteiger partial charge in [-0.2, -0.15) is 0 Å². The van der Waals surface area contributed by atoms with E-state index in [0.717, 1.165) is 0 Å². The van der Waals surface area contributed by atoms with Crippen LogP contribution >= 0.6 is 0 Å². The van der Waals surface area contributed by atoms with Gasteiger partial charge in [0.2, 0.25) is 10.0 Å². The van der Waals surface area contributed by atoms with Crippen LogP contribution in [0.25, 0.3) is 0 Å². The number of aromatic nitrogens is 1. The molecule has 0 radical (unpaired) electrons. The summed E-state index contributed by atoms with van der Waals surface area (Å²) in [5.41, 5.74) is 5.71. The third-order valence-corrected chi connectivity index (χ3v) is 3.10. The minimum absolute atomic E-state index is 0.0282. The van der Waals surface area contributed by atoms with Gasteiger partial charge in [0.25, 0.3) is 0 Å². The molecule has 0 saturated heterocycles. The van der Waals surface area contributed by atoms with E-state index in [9.17, 15) is 8.42 Å². The first kappa shape index (κ1) is 11.9. The minimum atomic E-state index is -3.56. The molecule has 15 heavy (non-hydrogen) atoms. The van der Waals surface area contributed by atoms with Crippen molar-refractivity contribution in [1.29, 1.82) is 0 Å². The van der Waals surface area contributed by atoms with Gasteiger partial charge in [-0.3, -0.25) is 4.98 Å². The van der Waals surface area contributed by atoms with Crippen molar-refractivity contribution in [2.24, 2.45) is 0 Å². The van der Waals surface area contributed by atoms with E-state index in [0.29, 0.717) is 12.1 Å². The first-order valence-electron chi connectivity index (χ1n) is 4.37. The van der Waals surface area contributed by atoms with Crippen molar-refractivity contribution in [3.05, 3.63) is 18.5 Å². The zero-order valence-corrected chi connectivity index (χ0v) is 8.87. The maximum absolute atomic E-state index is 11.6. The Labute approximate surface area is 88.2 Å². The third kappa shape index (κ3) is 3.46. The summed E-state index contributed by atoms with van der Waals surface area (Å²) in [6.07, 6.45) is 2.96. The Morgan fingerprint density at radius 3 is 2.80 bits per heavy atom. The molecule has 0 aliphatic carbocycles. The summed E-state index contributed by atoms with van der Waals surface area (Å²) in [6, 6.07) is 1.33. The third-order valence-electron chi connectivity index (χ3n) is 1.67. The largest absolute Gasteiger partial charge is 0.397 e. The number of nitrogens with one attached hydrogen (secondary N) is 1. The van der Waals surface area contributed by atoms with E-state index in [4.69, 9.17) is 10.8 Å². The highest BCUT2D eigenvalue weighted by Gasteiger charge is 2.13. The number of sulfonamides is 1. The maximum atomic E-state index is 11.6. The number of anilines is 1. The second-order valence-electron chi connectivity index (χ2n) is 2.93. The summed E-state index contributed by atoms with van der Waals surface area (Å²) >= 11 is 0. The minimum Gasteiger partial charge on any atom is -0.397 e. The fourth-order valence-corrected chi connectivity index (χ4v) is 2.02. The van der Waals surface area contributed by atoms with Gasteiger partial charge in [0, 0.05) is 25.5 Å². The Bertz CT molecular complexity index is 419. The number of hydrogen-bond donors (Lipinski definition) is 3. The van der Waals surface area contributed by atoms with Gasteiger partial charge in [-0.1, -0.05) is 0 Å². The molecule has 0 aliphatic heterocycles. The van der Waals surface area contributed by atoms with Crippen molar-refractivity contribution in [3.63, 3.8) is 0 Å². The van der Waals surface area contributed by atoms with Crippen LogP contribution in [-0.2, 0) is 10.0 Å².